The standard InChI is InChI=1S/C25H32N4O3/c1-4-27(5-2)24(31)22-8-6-20(7-9-22)18-26-25(32)29-16-14-28(15-17-29)23-12-10-21(11-13-23)19(3)30/h6-13H,4-5,14-18H2,1-3H3,(H,26,32). The van der Waals surface area contributed by atoms with Crippen molar-refractivity contribution in [1.82, 2.24) is 15.1 Å². The van der Waals surface area contributed by atoms with Gasteiger partial charge in [0.2, 0.25) is 0 Å². The number of hydrogen-bond donors (Lipinski definition) is 1. The summed E-state index contributed by atoms with van der Waals surface area (Å²) in [6.45, 7) is 10.1. The third-order valence-corrected chi connectivity index (χ3v) is 5.90. The van der Waals surface area contributed by atoms with Crippen molar-refractivity contribution in [3.63, 3.8) is 0 Å². The van der Waals surface area contributed by atoms with E-state index < -0.39 is 0 Å². The molecule has 0 bridgehead atoms. The highest BCUT2D eigenvalue weighted by molar-refractivity contribution is 5.94. The Bertz CT molecular complexity index is 929. The van der Waals surface area contributed by atoms with Crippen molar-refractivity contribution < 1.29 is 14.4 Å². The van der Waals surface area contributed by atoms with E-state index in [9.17, 15) is 14.4 Å². The molecule has 1 aliphatic heterocycles. The maximum Gasteiger partial charge on any atom is 0.317 e. The van der Waals surface area contributed by atoms with Crippen LogP contribution in [0.5, 0.6) is 0 Å². The molecule has 1 N–H and O–H groups in total. The molecule has 0 unspecified atom stereocenters. The van der Waals surface area contributed by atoms with Gasteiger partial charge in [-0.25, -0.2) is 4.79 Å². The Morgan fingerprint density at radius 2 is 1.41 bits per heavy atom. The number of carbonyl (C=O) groups is 3. The molecule has 170 valence electrons. The molecular weight excluding hydrogens is 404 g/mol. The minimum atomic E-state index is -0.0835. The molecule has 3 rings (SSSR count). The van der Waals surface area contributed by atoms with Gasteiger partial charge in [0.05, 0.1) is 0 Å². The molecule has 7 heteroatoms. The summed E-state index contributed by atoms with van der Waals surface area (Å²) in [5.74, 6) is 0.0857. The first-order valence-corrected chi connectivity index (χ1v) is 11.2. The Kier molecular flexibility index (Phi) is 7.87. The molecule has 7 nitrogen and oxygen atoms in total. The average molecular weight is 437 g/mol. The summed E-state index contributed by atoms with van der Waals surface area (Å²) in [4.78, 5) is 42.2. The summed E-state index contributed by atoms with van der Waals surface area (Å²) in [5.41, 5.74) is 3.39. The van der Waals surface area contributed by atoms with Crippen molar-refractivity contribution in [3.8, 4) is 0 Å². The maximum absolute atomic E-state index is 12.6. The third kappa shape index (κ3) is 5.66. The molecule has 1 heterocycles. The normalized spacial score (nSPS) is 13.6. The molecule has 1 fully saturated rings. The van der Waals surface area contributed by atoms with Crippen LogP contribution in [0.3, 0.4) is 0 Å². The number of amides is 3. The van der Waals surface area contributed by atoms with Crippen molar-refractivity contribution in [2.24, 2.45) is 0 Å². The Labute approximate surface area is 190 Å². The van der Waals surface area contributed by atoms with E-state index in [1.165, 1.54) is 0 Å². The van der Waals surface area contributed by atoms with Gasteiger partial charge in [0.1, 0.15) is 0 Å². The molecule has 0 radical (unpaired) electrons. The lowest BCUT2D eigenvalue weighted by Crippen LogP contribution is -2.51. The van der Waals surface area contributed by atoms with Gasteiger partial charge in [0.25, 0.3) is 5.91 Å². The van der Waals surface area contributed by atoms with E-state index >= 15 is 0 Å². The largest absolute Gasteiger partial charge is 0.368 e. The van der Waals surface area contributed by atoms with E-state index in [1.807, 2.05) is 67.3 Å². The number of piperazine rings is 1. The summed E-state index contributed by atoms with van der Waals surface area (Å²) < 4.78 is 0. The number of benzene rings is 2. The topological polar surface area (TPSA) is 73.0 Å². The second kappa shape index (κ2) is 10.8. The van der Waals surface area contributed by atoms with E-state index in [-0.39, 0.29) is 17.7 Å². The van der Waals surface area contributed by atoms with Gasteiger partial charge in [-0.3, -0.25) is 9.59 Å². The average Bonchev–Trinajstić information content (AvgIpc) is 2.83. The lowest BCUT2D eigenvalue weighted by atomic mass is 10.1. The molecule has 0 saturated carbocycles. The van der Waals surface area contributed by atoms with Gasteiger partial charge in [-0.1, -0.05) is 12.1 Å². The fourth-order valence-corrected chi connectivity index (χ4v) is 3.82. The number of rotatable bonds is 7. The van der Waals surface area contributed by atoms with Gasteiger partial charge >= 0.3 is 6.03 Å². The van der Waals surface area contributed by atoms with Crippen molar-refractivity contribution in [3.05, 3.63) is 65.2 Å². The van der Waals surface area contributed by atoms with Crippen LogP contribution in [0.1, 0.15) is 47.1 Å². The van der Waals surface area contributed by atoms with Crippen LogP contribution >= 0.6 is 0 Å². The molecule has 3 amide bonds. The minimum absolute atomic E-state index is 0.0272. The molecule has 2 aromatic rings. The monoisotopic (exact) mass is 436 g/mol. The molecule has 0 atom stereocenters. The quantitative estimate of drug-likeness (QED) is 0.675. The van der Waals surface area contributed by atoms with Gasteiger partial charge in [0.15, 0.2) is 5.78 Å². The van der Waals surface area contributed by atoms with Crippen LogP contribution in [0.25, 0.3) is 0 Å². The summed E-state index contributed by atoms with van der Waals surface area (Å²) in [6, 6.07) is 14.9. The van der Waals surface area contributed by atoms with Crippen molar-refractivity contribution in [2.45, 2.75) is 27.3 Å². The van der Waals surface area contributed by atoms with Crippen LogP contribution in [0.2, 0.25) is 0 Å². The van der Waals surface area contributed by atoms with E-state index in [0.29, 0.717) is 43.9 Å². The fourth-order valence-electron chi connectivity index (χ4n) is 3.82. The second-order valence-electron chi connectivity index (χ2n) is 7.91. The minimum Gasteiger partial charge on any atom is -0.368 e. The predicted molar refractivity (Wildman–Crippen MR) is 126 cm³/mol. The molecule has 0 aromatic heterocycles. The van der Waals surface area contributed by atoms with Crippen molar-refractivity contribution in [2.75, 3.05) is 44.2 Å². The number of anilines is 1. The highest BCUT2D eigenvalue weighted by Gasteiger charge is 2.21. The van der Waals surface area contributed by atoms with Crippen molar-refractivity contribution in [1.29, 1.82) is 0 Å². The zero-order valence-corrected chi connectivity index (χ0v) is 19.1. The number of Topliss-reactive ketones (excluding diaryl/α,β-unsaturated/α-hetero) is 1. The number of urea groups is 1. The van der Waals surface area contributed by atoms with Crippen LogP contribution < -0.4 is 10.2 Å². The number of hydrogen-bond acceptors (Lipinski definition) is 4. The summed E-state index contributed by atoms with van der Waals surface area (Å²) in [7, 11) is 0. The predicted octanol–water partition coefficient (Wildman–Crippen LogP) is 3.40. The molecule has 32 heavy (non-hydrogen) atoms. The van der Waals surface area contributed by atoms with Crippen molar-refractivity contribution >= 4 is 23.4 Å². The molecule has 0 aliphatic carbocycles. The van der Waals surface area contributed by atoms with E-state index in [0.717, 1.165) is 24.3 Å². The number of carbonyl (C=O) groups excluding carboxylic acids is 3. The zero-order chi connectivity index (χ0) is 23.1. The smallest absolute Gasteiger partial charge is 0.317 e. The summed E-state index contributed by atoms with van der Waals surface area (Å²) in [6.07, 6.45) is 0. The lowest BCUT2D eigenvalue weighted by molar-refractivity contribution is 0.0772. The van der Waals surface area contributed by atoms with Gasteiger partial charge in [-0.05, 0) is 62.7 Å². The summed E-state index contributed by atoms with van der Waals surface area (Å²) >= 11 is 0. The first kappa shape index (κ1) is 23.3. The zero-order valence-electron chi connectivity index (χ0n) is 19.1. The van der Waals surface area contributed by atoms with Gasteiger partial charge < -0.3 is 20.0 Å². The first-order chi connectivity index (χ1) is 15.4. The highest BCUT2D eigenvalue weighted by atomic mass is 16.2. The van der Waals surface area contributed by atoms with Crippen LogP contribution in [-0.2, 0) is 6.54 Å². The molecule has 1 aliphatic rings. The van der Waals surface area contributed by atoms with E-state index in [4.69, 9.17) is 0 Å². The number of nitrogens with zero attached hydrogens (tertiary/aromatic N) is 3. The van der Waals surface area contributed by atoms with Crippen LogP contribution in [0.15, 0.2) is 48.5 Å². The number of ketones is 1. The van der Waals surface area contributed by atoms with E-state index in [2.05, 4.69) is 10.2 Å². The van der Waals surface area contributed by atoms with Crippen LogP contribution in [-0.4, -0.2) is 66.8 Å². The summed E-state index contributed by atoms with van der Waals surface area (Å²) in [5, 5.41) is 2.97. The van der Waals surface area contributed by atoms with E-state index in [1.54, 1.807) is 11.8 Å². The van der Waals surface area contributed by atoms with Gasteiger partial charge in [-0.15, -0.1) is 0 Å². The van der Waals surface area contributed by atoms with Crippen LogP contribution in [0, 0.1) is 0 Å². The highest BCUT2D eigenvalue weighted by Crippen LogP contribution is 2.18. The molecule has 2 aromatic carbocycles. The molecule has 0 spiro atoms. The maximum atomic E-state index is 12.6. The Balaban J connectivity index is 1.47. The number of nitrogens with one attached hydrogen (secondary N) is 1. The molecule has 1 saturated heterocycles. The first-order valence-electron chi connectivity index (χ1n) is 11.2. The second-order valence-corrected chi connectivity index (χ2v) is 7.91. The third-order valence-electron chi connectivity index (χ3n) is 5.90. The Morgan fingerprint density at radius 1 is 0.844 bits per heavy atom. The SMILES string of the molecule is CCN(CC)C(=O)c1ccc(CNC(=O)N2CCN(c3ccc(C(C)=O)cc3)CC2)cc1. The van der Waals surface area contributed by atoms with Crippen LogP contribution in [0.4, 0.5) is 10.5 Å². The van der Waals surface area contributed by atoms with Gasteiger partial charge in [-0.2, -0.15) is 0 Å². The fraction of sp³-hybridized carbons (Fsp3) is 0.400. The molecular formula is C25H32N4O3. The lowest BCUT2D eigenvalue weighted by Gasteiger charge is -2.36. The van der Waals surface area contributed by atoms with Gasteiger partial charge in [0, 0.05) is 62.6 Å². The Hall–Kier alpha value is -3.35. The Morgan fingerprint density at radius 3 is 1.94 bits per heavy atom.